The van der Waals surface area contributed by atoms with Crippen molar-refractivity contribution in [1.29, 1.82) is 0 Å². The smallest absolute Gasteiger partial charge is 0.406 e. The number of alkyl halides is 3. The topological polar surface area (TPSA) is 55.6 Å². The number of thioether (sulfide) groups is 1. The van der Waals surface area contributed by atoms with Gasteiger partial charge in [0.1, 0.15) is 17.1 Å². The number of hydrogen-bond acceptors (Lipinski definition) is 4. The number of carbonyl (C=O) groups excluding carboxylic acids is 1. The van der Waals surface area contributed by atoms with Crippen molar-refractivity contribution in [3.05, 3.63) is 64.6 Å². The van der Waals surface area contributed by atoms with E-state index in [9.17, 15) is 18.0 Å². The molecule has 0 saturated heterocycles. The summed E-state index contributed by atoms with van der Waals surface area (Å²) >= 11 is 7.49. The molecule has 0 aliphatic carbocycles. The molecule has 0 aliphatic rings. The Bertz CT molecular complexity index is 1150. The van der Waals surface area contributed by atoms with Gasteiger partial charge in [-0.05, 0) is 43.2 Å². The Balaban J connectivity index is 1.90. The highest BCUT2D eigenvalue weighted by Gasteiger charge is 2.31. The van der Waals surface area contributed by atoms with Gasteiger partial charge in [0.25, 0.3) is 0 Å². The predicted molar refractivity (Wildman–Crippen MR) is 114 cm³/mol. The molecular formula is C21H17ClF3N3O2S. The molecule has 3 rings (SSSR count). The lowest BCUT2D eigenvalue weighted by Gasteiger charge is -2.08. The van der Waals surface area contributed by atoms with Crippen molar-refractivity contribution in [2.45, 2.75) is 19.0 Å². The van der Waals surface area contributed by atoms with Gasteiger partial charge in [0.2, 0.25) is 5.91 Å². The number of carbonyl (C=O) groups is 1. The number of halogens is 4. The molecule has 0 aliphatic heterocycles. The zero-order valence-electron chi connectivity index (χ0n) is 16.3. The lowest BCUT2D eigenvalue weighted by molar-refractivity contribution is -0.274. The first kappa shape index (κ1) is 22.8. The molecule has 0 bridgehead atoms. The summed E-state index contributed by atoms with van der Waals surface area (Å²) in [6.07, 6.45) is -3.12. The van der Waals surface area contributed by atoms with Crippen LogP contribution in [0.3, 0.4) is 0 Å². The molecular weight excluding hydrogens is 451 g/mol. The van der Waals surface area contributed by atoms with Gasteiger partial charge >= 0.3 is 6.36 Å². The van der Waals surface area contributed by atoms with Crippen LogP contribution in [0.25, 0.3) is 5.65 Å². The predicted octanol–water partition coefficient (Wildman–Crippen LogP) is 4.66. The maximum Gasteiger partial charge on any atom is 0.573 e. The van der Waals surface area contributed by atoms with Crippen molar-refractivity contribution in [1.82, 2.24) is 14.7 Å². The Kier molecular flexibility index (Phi) is 7.36. The third-order valence-electron chi connectivity index (χ3n) is 3.89. The van der Waals surface area contributed by atoms with Gasteiger partial charge in [0, 0.05) is 24.1 Å². The van der Waals surface area contributed by atoms with E-state index in [1.165, 1.54) is 30.0 Å². The van der Waals surface area contributed by atoms with E-state index < -0.39 is 6.36 Å². The van der Waals surface area contributed by atoms with Gasteiger partial charge in [-0.25, -0.2) is 4.98 Å². The van der Waals surface area contributed by atoms with Crippen LogP contribution in [0, 0.1) is 11.8 Å². The molecule has 5 nitrogen and oxygen atoms in total. The van der Waals surface area contributed by atoms with Crippen LogP contribution in [0.5, 0.6) is 5.75 Å². The number of fused-ring (bicyclic) bond motifs is 1. The Morgan fingerprint density at radius 1 is 1.29 bits per heavy atom. The molecule has 10 heteroatoms. The van der Waals surface area contributed by atoms with Crippen LogP contribution >= 0.6 is 23.4 Å². The third-order valence-corrected chi connectivity index (χ3v) is 5.06. The summed E-state index contributed by atoms with van der Waals surface area (Å²) in [5, 5.41) is 3.21. The molecule has 0 spiro atoms. The molecule has 0 saturated carbocycles. The SMILES string of the molecule is CCNC(=O)CSCc1nc2ccc(Cl)cn2c1C#Cc1cccc(OC(F)(F)F)c1. The molecule has 0 unspecified atom stereocenters. The first-order chi connectivity index (χ1) is 14.7. The van der Waals surface area contributed by atoms with Gasteiger partial charge in [-0.1, -0.05) is 23.6 Å². The Labute approximate surface area is 185 Å². The average Bonchev–Trinajstić information content (AvgIpc) is 3.02. The summed E-state index contributed by atoms with van der Waals surface area (Å²) in [5.41, 5.74) is 2.16. The van der Waals surface area contributed by atoms with E-state index in [4.69, 9.17) is 11.6 Å². The Morgan fingerprint density at radius 2 is 2.10 bits per heavy atom. The number of pyridine rings is 1. The highest BCUT2D eigenvalue weighted by Crippen LogP contribution is 2.24. The standard InChI is InChI=1S/C21H17ClF3N3O2S/c1-2-26-20(29)13-31-12-17-18(28-11-15(22)7-9-19(28)27-17)8-6-14-4-3-5-16(10-14)30-21(23,24)25/h3-5,7,9-11H,2,12-13H2,1H3,(H,26,29). The lowest BCUT2D eigenvalue weighted by Crippen LogP contribution is -2.24. The van der Waals surface area contributed by atoms with Crippen LogP contribution in [0.4, 0.5) is 13.2 Å². The zero-order valence-corrected chi connectivity index (χ0v) is 17.9. The molecule has 1 N–H and O–H groups in total. The number of amides is 1. The van der Waals surface area contributed by atoms with E-state index in [0.29, 0.717) is 39.9 Å². The molecule has 2 heterocycles. The molecule has 162 valence electrons. The van der Waals surface area contributed by atoms with E-state index in [1.807, 2.05) is 6.92 Å². The number of rotatable bonds is 6. The van der Waals surface area contributed by atoms with Gasteiger partial charge in [0.05, 0.1) is 16.5 Å². The van der Waals surface area contributed by atoms with Crippen LogP contribution in [0.15, 0.2) is 42.6 Å². The number of benzene rings is 1. The Morgan fingerprint density at radius 3 is 2.84 bits per heavy atom. The van der Waals surface area contributed by atoms with Crippen LogP contribution in [0.1, 0.15) is 23.9 Å². The molecule has 2 aromatic heterocycles. The fourth-order valence-electron chi connectivity index (χ4n) is 2.69. The molecule has 0 fully saturated rings. The quantitative estimate of drug-likeness (QED) is 0.536. The number of nitrogens with zero attached hydrogens (tertiary/aromatic N) is 2. The van der Waals surface area contributed by atoms with Crippen molar-refractivity contribution >= 4 is 34.9 Å². The minimum absolute atomic E-state index is 0.0755. The van der Waals surface area contributed by atoms with E-state index >= 15 is 0 Å². The largest absolute Gasteiger partial charge is 0.573 e. The first-order valence-corrected chi connectivity index (χ1v) is 10.7. The molecule has 31 heavy (non-hydrogen) atoms. The summed E-state index contributed by atoms with van der Waals surface area (Å²) in [7, 11) is 0. The number of hydrogen-bond donors (Lipinski definition) is 1. The van der Waals surface area contributed by atoms with Crippen molar-refractivity contribution in [2.75, 3.05) is 12.3 Å². The van der Waals surface area contributed by atoms with Gasteiger partial charge < -0.3 is 10.1 Å². The maximum absolute atomic E-state index is 12.5. The van der Waals surface area contributed by atoms with Gasteiger partial charge in [-0.3, -0.25) is 9.20 Å². The highest BCUT2D eigenvalue weighted by molar-refractivity contribution is 7.99. The summed E-state index contributed by atoms with van der Waals surface area (Å²) in [5.74, 6) is 6.10. The fourth-order valence-corrected chi connectivity index (χ4v) is 3.64. The zero-order chi connectivity index (χ0) is 22.4. The number of ether oxygens (including phenoxy) is 1. The minimum Gasteiger partial charge on any atom is -0.406 e. The summed E-state index contributed by atoms with van der Waals surface area (Å²) < 4.78 is 43.0. The second-order valence-electron chi connectivity index (χ2n) is 6.25. The van der Waals surface area contributed by atoms with Gasteiger partial charge in [-0.2, -0.15) is 0 Å². The van der Waals surface area contributed by atoms with Crippen LogP contribution in [0.2, 0.25) is 5.02 Å². The number of aromatic nitrogens is 2. The average molecular weight is 468 g/mol. The Hall–Kier alpha value is -2.83. The monoisotopic (exact) mass is 467 g/mol. The molecule has 0 radical (unpaired) electrons. The van der Waals surface area contributed by atoms with Gasteiger partial charge in [0.15, 0.2) is 0 Å². The first-order valence-electron chi connectivity index (χ1n) is 9.14. The van der Waals surface area contributed by atoms with E-state index in [2.05, 4.69) is 26.9 Å². The van der Waals surface area contributed by atoms with E-state index in [-0.39, 0.29) is 17.4 Å². The highest BCUT2D eigenvalue weighted by atomic mass is 35.5. The molecule has 3 aromatic rings. The van der Waals surface area contributed by atoms with E-state index in [1.54, 1.807) is 28.8 Å². The summed E-state index contributed by atoms with van der Waals surface area (Å²) in [4.78, 5) is 16.2. The van der Waals surface area contributed by atoms with Crippen molar-refractivity contribution in [3.63, 3.8) is 0 Å². The lowest BCUT2D eigenvalue weighted by atomic mass is 10.2. The van der Waals surface area contributed by atoms with Crippen molar-refractivity contribution in [2.24, 2.45) is 0 Å². The van der Waals surface area contributed by atoms with Crippen LogP contribution < -0.4 is 10.1 Å². The van der Waals surface area contributed by atoms with Crippen molar-refractivity contribution in [3.8, 4) is 17.6 Å². The van der Waals surface area contributed by atoms with Crippen LogP contribution in [-0.4, -0.2) is 34.0 Å². The molecule has 1 amide bonds. The van der Waals surface area contributed by atoms with Crippen molar-refractivity contribution < 1.29 is 22.7 Å². The van der Waals surface area contributed by atoms with Crippen LogP contribution in [-0.2, 0) is 10.5 Å². The minimum atomic E-state index is -4.78. The number of nitrogens with one attached hydrogen (secondary N) is 1. The summed E-state index contributed by atoms with van der Waals surface area (Å²) in [6, 6.07) is 8.86. The third kappa shape index (κ3) is 6.57. The second kappa shape index (κ2) is 9.98. The normalized spacial score (nSPS) is 11.1. The summed E-state index contributed by atoms with van der Waals surface area (Å²) in [6.45, 7) is 2.40. The molecule has 1 aromatic carbocycles. The maximum atomic E-state index is 12.5. The fraction of sp³-hybridized carbons (Fsp3) is 0.238. The molecule has 0 atom stereocenters. The van der Waals surface area contributed by atoms with E-state index in [0.717, 1.165) is 0 Å². The van der Waals surface area contributed by atoms with Gasteiger partial charge in [-0.15, -0.1) is 24.9 Å². The second-order valence-corrected chi connectivity index (χ2v) is 7.68. The number of imidazole rings is 1.